The molecule has 1 saturated heterocycles. The average molecular weight is 328 g/mol. The highest BCUT2D eigenvalue weighted by Gasteiger charge is 2.20. The van der Waals surface area contributed by atoms with Crippen LogP contribution in [-0.2, 0) is 14.3 Å². The number of likely N-dealkylation sites (tertiary alicyclic amines) is 1. The van der Waals surface area contributed by atoms with Gasteiger partial charge < -0.3 is 19.1 Å². The van der Waals surface area contributed by atoms with Gasteiger partial charge in [-0.15, -0.1) is 0 Å². The zero-order valence-corrected chi connectivity index (χ0v) is 13.0. The lowest BCUT2D eigenvalue weighted by molar-refractivity contribution is -0.140. The molecule has 0 N–H and O–H groups in total. The Kier molecular flexibility index (Phi) is 4.66. The largest absolute Gasteiger partial charge is 0.460 e. The highest BCUT2D eigenvalue weighted by atomic mass is 16.7. The summed E-state index contributed by atoms with van der Waals surface area (Å²) in [5, 5.41) is 9.16. The molecule has 0 aromatic heterocycles. The van der Waals surface area contributed by atoms with Crippen molar-refractivity contribution in [2.75, 3.05) is 26.5 Å². The van der Waals surface area contributed by atoms with Crippen molar-refractivity contribution in [2.24, 2.45) is 0 Å². The Morgan fingerprint density at radius 2 is 2.21 bits per heavy atom. The van der Waals surface area contributed by atoms with Gasteiger partial charge in [0, 0.05) is 13.0 Å². The minimum atomic E-state index is -0.707. The SMILES string of the molecule is N#CC(=Cc1ccc2c(c1)OCO2)C(=O)OCCN1CCCC1=O. The predicted octanol–water partition coefficient (Wildman–Crippen LogP) is 1.49. The number of amides is 1. The van der Waals surface area contributed by atoms with Crippen LogP contribution in [0.1, 0.15) is 18.4 Å². The molecule has 0 radical (unpaired) electrons. The standard InChI is InChI=1S/C17H16N2O5/c18-10-13(8-12-3-4-14-15(9-12)24-11-23-14)17(21)22-7-6-19-5-1-2-16(19)20/h3-4,8-9H,1-2,5-7,11H2. The van der Waals surface area contributed by atoms with Gasteiger partial charge in [0.25, 0.3) is 0 Å². The van der Waals surface area contributed by atoms with Crippen molar-refractivity contribution >= 4 is 18.0 Å². The number of nitrogens with zero attached hydrogens (tertiary/aromatic N) is 2. The topological polar surface area (TPSA) is 88.9 Å². The maximum atomic E-state index is 12.0. The molecule has 124 valence electrons. The number of hydrogen-bond donors (Lipinski definition) is 0. The molecule has 2 aliphatic rings. The second-order valence-electron chi connectivity index (χ2n) is 5.40. The van der Waals surface area contributed by atoms with E-state index >= 15 is 0 Å². The van der Waals surface area contributed by atoms with E-state index in [0.29, 0.717) is 36.6 Å². The van der Waals surface area contributed by atoms with E-state index in [2.05, 4.69) is 0 Å². The molecule has 0 spiro atoms. The lowest BCUT2D eigenvalue weighted by atomic mass is 10.1. The quantitative estimate of drug-likeness (QED) is 0.462. The molecule has 1 fully saturated rings. The lowest BCUT2D eigenvalue weighted by Gasteiger charge is -2.14. The van der Waals surface area contributed by atoms with Crippen LogP contribution in [0.4, 0.5) is 0 Å². The number of benzene rings is 1. The van der Waals surface area contributed by atoms with E-state index in [4.69, 9.17) is 19.5 Å². The number of carbonyl (C=O) groups is 2. The summed E-state index contributed by atoms with van der Waals surface area (Å²) in [6.45, 7) is 1.28. The minimum absolute atomic E-state index is 0.0717. The van der Waals surface area contributed by atoms with Gasteiger partial charge in [0.05, 0.1) is 6.54 Å². The van der Waals surface area contributed by atoms with Crippen LogP contribution in [0.25, 0.3) is 6.08 Å². The zero-order chi connectivity index (χ0) is 16.9. The summed E-state index contributed by atoms with van der Waals surface area (Å²) >= 11 is 0. The van der Waals surface area contributed by atoms with E-state index in [0.717, 1.165) is 6.42 Å². The molecule has 2 heterocycles. The van der Waals surface area contributed by atoms with E-state index in [1.54, 1.807) is 23.1 Å². The molecule has 1 amide bonds. The second-order valence-corrected chi connectivity index (χ2v) is 5.40. The summed E-state index contributed by atoms with van der Waals surface area (Å²) in [5.74, 6) is 0.565. The number of nitriles is 1. The lowest BCUT2D eigenvalue weighted by Crippen LogP contribution is -2.29. The first-order valence-corrected chi connectivity index (χ1v) is 7.64. The average Bonchev–Trinajstić information content (AvgIpc) is 3.21. The minimum Gasteiger partial charge on any atom is -0.460 e. The Hall–Kier alpha value is -3.01. The molecule has 1 aromatic carbocycles. The van der Waals surface area contributed by atoms with Crippen molar-refractivity contribution in [1.29, 1.82) is 5.26 Å². The second kappa shape index (κ2) is 7.04. The number of ether oxygens (including phenoxy) is 3. The third-order valence-electron chi connectivity index (χ3n) is 3.81. The molecule has 7 heteroatoms. The van der Waals surface area contributed by atoms with Crippen LogP contribution in [0.3, 0.4) is 0 Å². The van der Waals surface area contributed by atoms with Crippen LogP contribution in [0.5, 0.6) is 11.5 Å². The van der Waals surface area contributed by atoms with Gasteiger partial charge in [0.15, 0.2) is 11.5 Å². The van der Waals surface area contributed by atoms with Gasteiger partial charge in [-0.1, -0.05) is 6.07 Å². The van der Waals surface area contributed by atoms with Crippen molar-refractivity contribution in [3.8, 4) is 17.6 Å². The number of hydrogen-bond acceptors (Lipinski definition) is 6. The predicted molar refractivity (Wildman–Crippen MR) is 82.9 cm³/mol. The molecule has 0 atom stereocenters. The van der Waals surface area contributed by atoms with Gasteiger partial charge in [0.1, 0.15) is 18.2 Å². The Bertz CT molecular complexity index is 735. The summed E-state index contributed by atoms with van der Waals surface area (Å²) < 4.78 is 15.6. The molecule has 3 rings (SSSR count). The van der Waals surface area contributed by atoms with Crippen molar-refractivity contribution < 1.29 is 23.8 Å². The first-order chi connectivity index (χ1) is 11.7. The first kappa shape index (κ1) is 15.9. The van der Waals surface area contributed by atoms with Crippen LogP contribution < -0.4 is 9.47 Å². The Morgan fingerprint density at radius 3 is 2.96 bits per heavy atom. The van der Waals surface area contributed by atoms with E-state index < -0.39 is 5.97 Å². The fraction of sp³-hybridized carbons (Fsp3) is 0.353. The number of fused-ring (bicyclic) bond motifs is 1. The number of carbonyl (C=O) groups excluding carboxylic acids is 2. The first-order valence-electron chi connectivity index (χ1n) is 7.64. The van der Waals surface area contributed by atoms with Crippen molar-refractivity contribution in [1.82, 2.24) is 4.90 Å². The molecule has 24 heavy (non-hydrogen) atoms. The van der Waals surface area contributed by atoms with E-state index in [1.165, 1.54) is 6.08 Å². The third-order valence-corrected chi connectivity index (χ3v) is 3.81. The van der Waals surface area contributed by atoms with Crippen LogP contribution in [0.15, 0.2) is 23.8 Å². The van der Waals surface area contributed by atoms with E-state index in [-0.39, 0.29) is 24.9 Å². The molecule has 7 nitrogen and oxygen atoms in total. The molecular formula is C17H16N2O5. The third kappa shape index (κ3) is 3.49. The smallest absolute Gasteiger partial charge is 0.348 e. The Balaban J connectivity index is 1.59. The number of rotatable bonds is 5. The van der Waals surface area contributed by atoms with Crippen molar-refractivity contribution in [3.63, 3.8) is 0 Å². The van der Waals surface area contributed by atoms with E-state index in [9.17, 15) is 9.59 Å². The molecule has 0 bridgehead atoms. The molecule has 2 aliphatic heterocycles. The fourth-order valence-electron chi connectivity index (χ4n) is 2.57. The monoisotopic (exact) mass is 328 g/mol. The summed E-state index contributed by atoms with van der Waals surface area (Å²) in [6, 6.07) is 6.97. The fourth-order valence-corrected chi connectivity index (χ4v) is 2.57. The van der Waals surface area contributed by atoms with Crippen LogP contribution >= 0.6 is 0 Å². The Labute approximate surface area is 139 Å². The van der Waals surface area contributed by atoms with Gasteiger partial charge in [-0.05, 0) is 30.2 Å². The molecule has 0 aliphatic carbocycles. The van der Waals surface area contributed by atoms with Gasteiger partial charge in [0.2, 0.25) is 12.7 Å². The van der Waals surface area contributed by atoms with E-state index in [1.807, 2.05) is 6.07 Å². The summed E-state index contributed by atoms with van der Waals surface area (Å²) in [4.78, 5) is 25.1. The summed E-state index contributed by atoms with van der Waals surface area (Å²) in [6.07, 6.45) is 2.81. The van der Waals surface area contributed by atoms with Crippen molar-refractivity contribution in [2.45, 2.75) is 12.8 Å². The maximum absolute atomic E-state index is 12.0. The molecule has 0 unspecified atom stereocenters. The summed E-state index contributed by atoms with van der Waals surface area (Å²) in [7, 11) is 0. The molecule has 1 aromatic rings. The van der Waals surface area contributed by atoms with Gasteiger partial charge in [-0.3, -0.25) is 4.79 Å². The Morgan fingerprint density at radius 1 is 1.38 bits per heavy atom. The highest BCUT2D eigenvalue weighted by molar-refractivity contribution is 5.98. The van der Waals surface area contributed by atoms with Crippen LogP contribution in [0, 0.1) is 11.3 Å². The van der Waals surface area contributed by atoms with Crippen LogP contribution in [-0.4, -0.2) is 43.3 Å². The van der Waals surface area contributed by atoms with Gasteiger partial charge in [-0.2, -0.15) is 5.26 Å². The van der Waals surface area contributed by atoms with Crippen molar-refractivity contribution in [3.05, 3.63) is 29.3 Å². The normalized spacial score (nSPS) is 16.2. The van der Waals surface area contributed by atoms with Gasteiger partial charge in [-0.25, -0.2) is 4.79 Å². The zero-order valence-electron chi connectivity index (χ0n) is 13.0. The highest BCUT2D eigenvalue weighted by Crippen LogP contribution is 2.33. The maximum Gasteiger partial charge on any atom is 0.348 e. The molecular weight excluding hydrogens is 312 g/mol. The number of esters is 1. The molecule has 0 saturated carbocycles. The summed E-state index contributed by atoms with van der Waals surface area (Å²) in [5.41, 5.74) is 0.532. The van der Waals surface area contributed by atoms with Crippen LogP contribution in [0.2, 0.25) is 0 Å². The van der Waals surface area contributed by atoms with Gasteiger partial charge >= 0.3 is 5.97 Å².